The second-order valence-corrected chi connectivity index (χ2v) is 4.55. The summed E-state index contributed by atoms with van der Waals surface area (Å²) in [4.78, 5) is 12.3. The fraction of sp³-hybridized carbons (Fsp3) is 0.133. The first kappa shape index (κ1) is 12.9. The van der Waals surface area contributed by atoms with Crippen molar-refractivity contribution in [3.8, 4) is 5.75 Å². The van der Waals surface area contributed by atoms with E-state index in [4.69, 9.17) is 9.31 Å². The molecule has 0 unspecified atom stereocenters. The van der Waals surface area contributed by atoms with E-state index in [1.54, 1.807) is 36.4 Å². The van der Waals surface area contributed by atoms with Crippen LogP contribution in [0.4, 0.5) is 0 Å². The summed E-state index contributed by atoms with van der Waals surface area (Å²) in [6.07, 6.45) is 0. The molecule has 1 N–H and O–H groups in total. The Morgan fingerprint density at radius 2 is 1.75 bits per heavy atom. The number of rotatable bonds is 3. The molecular weight excluding hydrogens is 255 g/mol. The first-order valence-electron chi connectivity index (χ1n) is 6.41. The van der Waals surface area contributed by atoms with Gasteiger partial charge < -0.3 is 14.4 Å². The molecule has 1 saturated heterocycles. The maximum Gasteiger partial charge on any atom is 0.494 e. The molecule has 0 saturated carbocycles. The van der Waals surface area contributed by atoms with Crippen LogP contribution in [0.25, 0.3) is 0 Å². The van der Waals surface area contributed by atoms with Crippen molar-refractivity contribution in [2.24, 2.45) is 0 Å². The van der Waals surface area contributed by atoms with Crippen molar-refractivity contribution in [3.63, 3.8) is 0 Å². The monoisotopic (exact) mass is 268 g/mol. The molecule has 100 valence electrons. The number of benzene rings is 2. The molecule has 0 aliphatic carbocycles. The van der Waals surface area contributed by atoms with Gasteiger partial charge in [-0.25, -0.2) is 0 Å². The largest absolute Gasteiger partial charge is 0.507 e. The predicted molar refractivity (Wildman–Crippen MR) is 75.3 cm³/mol. The summed E-state index contributed by atoms with van der Waals surface area (Å²) in [6.45, 7) is 1.08. The molecule has 0 radical (unpaired) electrons. The van der Waals surface area contributed by atoms with Crippen molar-refractivity contribution >= 4 is 18.4 Å². The van der Waals surface area contributed by atoms with Crippen molar-refractivity contribution in [3.05, 3.63) is 59.7 Å². The van der Waals surface area contributed by atoms with Crippen molar-refractivity contribution in [1.29, 1.82) is 0 Å². The Morgan fingerprint density at radius 3 is 2.40 bits per heavy atom. The molecule has 3 rings (SSSR count). The Hall–Kier alpha value is -2.11. The number of carbonyl (C=O) groups is 1. The smallest absolute Gasteiger partial charge is 0.494 e. The molecule has 0 bridgehead atoms. The standard InChI is InChI=1S/C15H13BO4/c17-14-10-12(16-19-8-9-20-16)6-7-13(14)15(18)11-4-2-1-3-5-11/h1-7,10,17H,8-9H2. The van der Waals surface area contributed by atoms with Crippen LogP contribution in [0.15, 0.2) is 48.5 Å². The van der Waals surface area contributed by atoms with E-state index in [-0.39, 0.29) is 17.1 Å². The molecule has 0 amide bonds. The van der Waals surface area contributed by atoms with Crippen LogP contribution < -0.4 is 5.46 Å². The number of hydrogen-bond acceptors (Lipinski definition) is 4. The first-order chi connectivity index (χ1) is 9.75. The van der Waals surface area contributed by atoms with Crippen molar-refractivity contribution in [2.75, 3.05) is 13.2 Å². The van der Waals surface area contributed by atoms with Crippen LogP contribution in [0.2, 0.25) is 0 Å². The van der Waals surface area contributed by atoms with Crippen molar-refractivity contribution < 1.29 is 19.2 Å². The van der Waals surface area contributed by atoms with Crippen LogP contribution in [0.3, 0.4) is 0 Å². The summed E-state index contributed by atoms with van der Waals surface area (Å²) < 4.78 is 10.7. The van der Waals surface area contributed by atoms with E-state index in [1.807, 2.05) is 6.07 Å². The number of hydrogen-bond donors (Lipinski definition) is 1. The maximum atomic E-state index is 12.3. The molecule has 1 aliphatic rings. The number of aromatic hydroxyl groups is 1. The molecular formula is C15H13BO4. The zero-order valence-corrected chi connectivity index (χ0v) is 10.8. The molecule has 0 aromatic heterocycles. The zero-order valence-electron chi connectivity index (χ0n) is 10.8. The highest BCUT2D eigenvalue weighted by Crippen LogP contribution is 2.19. The normalized spacial score (nSPS) is 14.5. The molecule has 0 atom stereocenters. The van der Waals surface area contributed by atoms with Crippen LogP contribution in [0.5, 0.6) is 5.75 Å². The van der Waals surface area contributed by atoms with E-state index in [2.05, 4.69) is 0 Å². The molecule has 2 aromatic carbocycles. The summed E-state index contributed by atoms with van der Waals surface area (Å²) in [5.74, 6) is -0.265. The molecule has 4 nitrogen and oxygen atoms in total. The molecule has 1 fully saturated rings. The lowest BCUT2D eigenvalue weighted by Crippen LogP contribution is -2.31. The van der Waals surface area contributed by atoms with Gasteiger partial charge in [0.15, 0.2) is 5.78 Å². The van der Waals surface area contributed by atoms with Gasteiger partial charge in [-0.05, 0) is 17.6 Å². The Morgan fingerprint density at radius 1 is 1.05 bits per heavy atom. The average Bonchev–Trinajstić information content (AvgIpc) is 3.01. The Labute approximate surface area is 117 Å². The molecule has 1 aliphatic heterocycles. The van der Waals surface area contributed by atoms with Crippen molar-refractivity contribution in [2.45, 2.75) is 0 Å². The van der Waals surface area contributed by atoms with E-state index in [0.29, 0.717) is 24.2 Å². The lowest BCUT2D eigenvalue weighted by molar-refractivity contribution is 0.103. The van der Waals surface area contributed by atoms with Crippen LogP contribution in [0.1, 0.15) is 15.9 Å². The highest BCUT2D eigenvalue weighted by atomic mass is 16.6. The summed E-state index contributed by atoms with van der Waals surface area (Å²) in [7, 11) is -0.457. The van der Waals surface area contributed by atoms with E-state index < -0.39 is 7.12 Å². The first-order valence-corrected chi connectivity index (χ1v) is 6.41. The van der Waals surface area contributed by atoms with Gasteiger partial charge in [-0.15, -0.1) is 0 Å². The molecule has 20 heavy (non-hydrogen) atoms. The Bertz CT molecular complexity index is 621. The van der Waals surface area contributed by atoms with Gasteiger partial charge >= 0.3 is 7.12 Å². The molecule has 1 heterocycles. The fourth-order valence-corrected chi connectivity index (χ4v) is 2.18. The van der Waals surface area contributed by atoms with E-state index in [0.717, 1.165) is 0 Å². The van der Waals surface area contributed by atoms with Gasteiger partial charge in [-0.2, -0.15) is 0 Å². The lowest BCUT2D eigenvalue weighted by atomic mass is 9.78. The van der Waals surface area contributed by atoms with Gasteiger partial charge in [0.2, 0.25) is 0 Å². The van der Waals surface area contributed by atoms with Crippen LogP contribution in [-0.4, -0.2) is 31.2 Å². The third-order valence-corrected chi connectivity index (χ3v) is 3.20. The van der Waals surface area contributed by atoms with Crippen LogP contribution in [0, 0.1) is 0 Å². The third-order valence-electron chi connectivity index (χ3n) is 3.20. The Balaban J connectivity index is 1.89. The minimum Gasteiger partial charge on any atom is -0.507 e. The maximum absolute atomic E-state index is 12.3. The second-order valence-electron chi connectivity index (χ2n) is 4.55. The summed E-state index contributed by atoms with van der Waals surface area (Å²) in [5.41, 5.74) is 1.53. The van der Waals surface area contributed by atoms with Crippen LogP contribution >= 0.6 is 0 Å². The molecule has 5 heteroatoms. The molecule has 2 aromatic rings. The minimum atomic E-state index is -0.457. The number of phenols is 1. The van der Waals surface area contributed by atoms with Gasteiger partial charge in [-0.3, -0.25) is 4.79 Å². The average molecular weight is 268 g/mol. The topological polar surface area (TPSA) is 55.8 Å². The Kier molecular flexibility index (Phi) is 3.54. The van der Waals surface area contributed by atoms with Gasteiger partial charge in [-0.1, -0.05) is 36.4 Å². The van der Waals surface area contributed by atoms with Gasteiger partial charge in [0.05, 0.1) is 18.8 Å². The van der Waals surface area contributed by atoms with E-state index >= 15 is 0 Å². The SMILES string of the molecule is O=C(c1ccccc1)c1ccc(B2OCCO2)cc1O. The summed E-state index contributed by atoms with van der Waals surface area (Å²) in [5, 5.41) is 10.1. The highest BCUT2D eigenvalue weighted by molar-refractivity contribution is 6.61. The third kappa shape index (κ3) is 2.46. The van der Waals surface area contributed by atoms with E-state index in [1.165, 1.54) is 6.07 Å². The number of phenolic OH excluding ortho intramolecular Hbond substituents is 1. The number of carbonyl (C=O) groups excluding carboxylic acids is 1. The van der Waals surface area contributed by atoms with Crippen LogP contribution in [-0.2, 0) is 9.31 Å². The zero-order chi connectivity index (χ0) is 13.9. The fourth-order valence-electron chi connectivity index (χ4n) is 2.18. The van der Waals surface area contributed by atoms with E-state index in [9.17, 15) is 9.90 Å². The lowest BCUT2D eigenvalue weighted by Gasteiger charge is -2.08. The summed E-state index contributed by atoms with van der Waals surface area (Å²) >= 11 is 0. The predicted octanol–water partition coefficient (Wildman–Crippen LogP) is 1.37. The van der Waals surface area contributed by atoms with Gasteiger partial charge in [0, 0.05) is 5.56 Å². The highest BCUT2D eigenvalue weighted by Gasteiger charge is 2.27. The summed E-state index contributed by atoms with van der Waals surface area (Å²) in [6, 6.07) is 13.7. The van der Waals surface area contributed by atoms with Crippen molar-refractivity contribution in [1.82, 2.24) is 0 Å². The van der Waals surface area contributed by atoms with Gasteiger partial charge in [0.25, 0.3) is 0 Å². The molecule has 0 spiro atoms. The number of ketones is 1. The second kappa shape index (κ2) is 5.49. The van der Waals surface area contributed by atoms with Gasteiger partial charge in [0.1, 0.15) is 5.75 Å². The quantitative estimate of drug-likeness (QED) is 0.674. The minimum absolute atomic E-state index is 0.0598.